The van der Waals surface area contributed by atoms with E-state index in [9.17, 15) is 22.8 Å². The standard InChI is InChI=1S/C18H12Cl3F3N2O2/c19-11-2-4-13(21)15(7-11)26-8-9(5-16(26)27)17(28)25-14-6-10(18(22,23)24)1-3-12(14)20/h1-4,6-7,9H,5,8H2,(H,25,28)/t9-/m0/s1. The highest BCUT2D eigenvalue weighted by atomic mass is 35.5. The molecule has 0 saturated carbocycles. The number of halogens is 6. The van der Waals surface area contributed by atoms with Crippen molar-refractivity contribution in [1.29, 1.82) is 0 Å². The van der Waals surface area contributed by atoms with Crippen LogP contribution in [0.1, 0.15) is 12.0 Å². The third-order valence-corrected chi connectivity index (χ3v) is 5.13. The Labute approximate surface area is 173 Å². The van der Waals surface area contributed by atoms with Crippen molar-refractivity contribution in [3.05, 3.63) is 57.0 Å². The molecule has 0 aromatic heterocycles. The van der Waals surface area contributed by atoms with Gasteiger partial charge >= 0.3 is 6.18 Å². The third-order valence-electron chi connectivity index (χ3n) is 4.25. The Hall–Kier alpha value is -1.96. The lowest BCUT2D eigenvalue weighted by Crippen LogP contribution is -2.28. The largest absolute Gasteiger partial charge is 0.416 e. The fourth-order valence-electron chi connectivity index (χ4n) is 2.84. The molecule has 0 unspecified atom stereocenters. The van der Waals surface area contributed by atoms with E-state index < -0.39 is 23.6 Å². The van der Waals surface area contributed by atoms with Gasteiger partial charge in [-0.15, -0.1) is 0 Å². The number of alkyl halides is 3. The zero-order valence-corrected chi connectivity index (χ0v) is 16.3. The fourth-order valence-corrected chi connectivity index (χ4v) is 3.39. The highest BCUT2D eigenvalue weighted by Crippen LogP contribution is 2.36. The average Bonchev–Trinajstić information content (AvgIpc) is 2.99. The molecular formula is C18H12Cl3F3N2O2. The van der Waals surface area contributed by atoms with E-state index in [1.54, 1.807) is 6.07 Å². The van der Waals surface area contributed by atoms with Gasteiger partial charge in [-0.25, -0.2) is 0 Å². The Bertz CT molecular complexity index is 950. The van der Waals surface area contributed by atoms with Crippen molar-refractivity contribution in [2.45, 2.75) is 12.6 Å². The van der Waals surface area contributed by atoms with Crippen LogP contribution in [0.4, 0.5) is 24.5 Å². The molecule has 10 heteroatoms. The number of hydrogen-bond acceptors (Lipinski definition) is 2. The molecular weight excluding hydrogens is 440 g/mol. The van der Waals surface area contributed by atoms with Crippen LogP contribution >= 0.6 is 34.8 Å². The quantitative estimate of drug-likeness (QED) is 0.655. The first kappa shape index (κ1) is 20.8. The minimum atomic E-state index is -4.58. The van der Waals surface area contributed by atoms with Gasteiger partial charge in [-0.2, -0.15) is 13.2 Å². The summed E-state index contributed by atoms with van der Waals surface area (Å²) in [4.78, 5) is 26.2. The second-order valence-corrected chi connectivity index (χ2v) is 7.43. The molecule has 0 aliphatic carbocycles. The maximum atomic E-state index is 12.9. The predicted molar refractivity (Wildman–Crippen MR) is 102 cm³/mol. The van der Waals surface area contributed by atoms with Crippen molar-refractivity contribution >= 4 is 58.0 Å². The van der Waals surface area contributed by atoms with Gasteiger partial charge in [-0.05, 0) is 36.4 Å². The molecule has 1 atom stereocenters. The Morgan fingerprint density at radius 1 is 1.07 bits per heavy atom. The Kier molecular flexibility index (Phi) is 5.79. The molecule has 148 valence electrons. The first-order valence-corrected chi connectivity index (χ1v) is 9.12. The van der Waals surface area contributed by atoms with Crippen LogP contribution in [0.5, 0.6) is 0 Å². The molecule has 28 heavy (non-hydrogen) atoms. The lowest BCUT2D eigenvalue weighted by molar-refractivity contribution is -0.137. The molecule has 1 N–H and O–H groups in total. The summed E-state index contributed by atoms with van der Waals surface area (Å²) in [5, 5.41) is 3.00. The summed E-state index contributed by atoms with van der Waals surface area (Å²) >= 11 is 17.9. The smallest absolute Gasteiger partial charge is 0.324 e. The van der Waals surface area contributed by atoms with Gasteiger partial charge in [-0.3, -0.25) is 9.59 Å². The van der Waals surface area contributed by atoms with Gasteiger partial charge in [0.25, 0.3) is 0 Å². The van der Waals surface area contributed by atoms with E-state index in [2.05, 4.69) is 5.32 Å². The monoisotopic (exact) mass is 450 g/mol. The van der Waals surface area contributed by atoms with Gasteiger partial charge in [0.1, 0.15) is 0 Å². The Morgan fingerprint density at radius 3 is 2.43 bits per heavy atom. The van der Waals surface area contributed by atoms with Crippen LogP contribution in [0, 0.1) is 5.92 Å². The summed E-state index contributed by atoms with van der Waals surface area (Å²) in [5.74, 6) is -1.75. The molecule has 0 radical (unpaired) electrons. The van der Waals surface area contributed by atoms with Crippen LogP contribution in [-0.2, 0) is 15.8 Å². The average molecular weight is 452 g/mol. The number of amides is 2. The maximum Gasteiger partial charge on any atom is 0.416 e. The second-order valence-electron chi connectivity index (χ2n) is 6.18. The van der Waals surface area contributed by atoms with Crippen LogP contribution in [0.15, 0.2) is 36.4 Å². The summed E-state index contributed by atoms with van der Waals surface area (Å²) < 4.78 is 38.6. The van der Waals surface area contributed by atoms with Crippen LogP contribution in [0.2, 0.25) is 15.1 Å². The molecule has 1 aliphatic heterocycles. The molecule has 0 bridgehead atoms. The van der Waals surface area contributed by atoms with E-state index in [0.717, 1.165) is 18.2 Å². The first-order chi connectivity index (χ1) is 13.1. The Balaban J connectivity index is 1.78. The number of nitrogens with one attached hydrogen (secondary N) is 1. The van der Waals surface area contributed by atoms with Crippen molar-refractivity contribution < 1.29 is 22.8 Å². The lowest BCUT2D eigenvalue weighted by atomic mass is 10.1. The summed E-state index contributed by atoms with van der Waals surface area (Å²) in [6.07, 6.45) is -4.70. The topological polar surface area (TPSA) is 49.4 Å². The van der Waals surface area contributed by atoms with E-state index in [1.165, 1.54) is 17.0 Å². The van der Waals surface area contributed by atoms with E-state index in [-0.39, 0.29) is 29.6 Å². The number of nitrogens with zero attached hydrogens (tertiary/aromatic N) is 1. The third kappa shape index (κ3) is 4.37. The summed E-state index contributed by atoms with van der Waals surface area (Å²) in [6.45, 7) is 0.0152. The van der Waals surface area contributed by atoms with Gasteiger partial charge in [0.2, 0.25) is 11.8 Å². The number of anilines is 2. The zero-order valence-electron chi connectivity index (χ0n) is 14.0. The summed E-state index contributed by atoms with van der Waals surface area (Å²) in [7, 11) is 0. The molecule has 1 saturated heterocycles. The number of carbonyl (C=O) groups is 2. The maximum absolute atomic E-state index is 12.9. The normalized spacial score (nSPS) is 17.1. The lowest BCUT2D eigenvalue weighted by Gasteiger charge is -2.18. The first-order valence-electron chi connectivity index (χ1n) is 7.99. The van der Waals surface area contributed by atoms with Crippen LogP contribution in [0.3, 0.4) is 0 Å². The molecule has 2 aromatic carbocycles. The molecule has 2 aromatic rings. The van der Waals surface area contributed by atoms with Gasteiger partial charge in [0.05, 0.1) is 32.9 Å². The van der Waals surface area contributed by atoms with Crippen molar-refractivity contribution in [3.8, 4) is 0 Å². The number of hydrogen-bond donors (Lipinski definition) is 1. The van der Waals surface area contributed by atoms with Gasteiger partial charge in [0, 0.05) is 18.0 Å². The molecule has 3 rings (SSSR count). The van der Waals surface area contributed by atoms with E-state index in [4.69, 9.17) is 34.8 Å². The minimum Gasteiger partial charge on any atom is -0.324 e. The van der Waals surface area contributed by atoms with Gasteiger partial charge in [0.15, 0.2) is 0 Å². The van der Waals surface area contributed by atoms with E-state index in [0.29, 0.717) is 15.7 Å². The van der Waals surface area contributed by atoms with Crippen molar-refractivity contribution in [2.24, 2.45) is 5.92 Å². The summed E-state index contributed by atoms with van der Waals surface area (Å²) in [5.41, 5.74) is -0.748. The van der Waals surface area contributed by atoms with E-state index >= 15 is 0 Å². The van der Waals surface area contributed by atoms with Crippen molar-refractivity contribution in [1.82, 2.24) is 0 Å². The van der Waals surface area contributed by atoms with Gasteiger partial charge < -0.3 is 10.2 Å². The molecule has 4 nitrogen and oxygen atoms in total. The fraction of sp³-hybridized carbons (Fsp3) is 0.222. The van der Waals surface area contributed by atoms with Crippen molar-refractivity contribution in [2.75, 3.05) is 16.8 Å². The molecule has 1 heterocycles. The SMILES string of the molecule is O=C(Nc1cc(C(F)(F)F)ccc1Cl)[C@H]1CC(=O)N(c2cc(Cl)ccc2Cl)C1. The molecule has 2 amide bonds. The van der Waals surface area contributed by atoms with Gasteiger partial charge in [-0.1, -0.05) is 34.8 Å². The number of rotatable bonds is 3. The predicted octanol–water partition coefficient (Wildman–Crippen LogP) is 5.66. The molecule has 1 aliphatic rings. The molecule has 1 fully saturated rings. The minimum absolute atomic E-state index is 0.0152. The van der Waals surface area contributed by atoms with E-state index in [1.807, 2.05) is 0 Å². The van der Waals surface area contributed by atoms with Crippen LogP contribution < -0.4 is 10.2 Å². The van der Waals surface area contributed by atoms with Crippen molar-refractivity contribution in [3.63, 3.8) is 0 Å². The number of benzene rings is 2. The highest BCUT2D eigenvalue weighted by molar-refractivity contribution is 6.36. The zero-order chi connectivity index (χ0) is 20.6. The summed E-state index contributed by atoms with van der Waals surface area (Å²) in [6, 6.07) is 7.22. The number of carbonyl (C=O) groups excluding carboxylic acids is 2. The molecule has 0 spiro atoms. The Morgan fingerprint density at radius 2 is 1.75 bits per heavy atom. The highest BCUT2D eigenvalue weighted by Gasteiger charge is 2.37. The van der Waals surface area contributed by atoms with Crippen LogP contribution in [-0.4, -0.2) is 18.4 Å². The van der Waals surface area contributed by atoms with Crippen LogP contribution in [0.25, 0.3) is 0 Å². The second kappa shape index (κ2) is 7.81.